The topological polar surface area (TPSA) is 138 Å². The number of carbonyl (C=O) groups is 3. The van der Waals surface area contributed by atoms with E-state index in [2.05, 4.69) is 5.10 Å². The van der Waals surface area contributed by atoms with Gasteiger partial charge in [0.15, 0.2) is 6.10 Å². The van der Waals surface area contributed by atoms with Crippen LogP contribution in [0.2, 0.25) is 0 Å². The lowest BCUT2D eigenvalue weighted by Crippen LogP contribution is -2.57. The van der Waals surface area contributed by atoms with Gasteiger partial charge in [-0.1, -0.05) is 36.4 Å². The number of hydrogen-bond acceptors (Lipinski definition) is 7. The average Bonchev–Trinajstić information content (AvgIpc) is 3.12. The van der Waals surface area contributed by atoms with Gasteiger partial charge in [-0.2, -0.15) is 10.4 Å². The van der Waals surface area contributed by atoms with E-state index in [9.17, 15) is 14.4 Å². The summed E-state index contributed by atoms with van der Waals surface area (Å²) < 4.78 is 10.8. The zero-order valence-electron chi connectivity index (χ0n) is 19.9. The summed E-state index contributed by atoms with van der Waals surface area (Å²) in [6.07, 6.45) is -1.37. The van der Waals surface area contributed by atoms with Crippen LogP contribution in [-0.2, 0) is 20.7 Å². The number of carbonyl (C=O) groups excluding carboxylic acids is 3. The number of primary amides is 1. The van der Waals surface area contributed by atoms with Crippen LogP contribution < -0.4 is 10.5 Å². The van der Waals surface area contributed by atoms with Crippen molar-refractivity contribution in [3.05, 3.63) is 65.7 Å². The van der Waals surface area contributed by atoms with Crippen LogP contribution in [0.1, 0.15) is 24.0 Å². The molecule has 2 aromatic rings. The molecule has 0 unspecified atom stereocenters. The quantitative estimate of drug-likeness (QED) is 0.602. The molecule has 4 rings (SSSR count). The molecule has 10 heteroatoms. The van der Waals surface area contributed by atoms with Crippen LogP contribution in [0.3, 0.4) is 0 Å². The first-order chi connectivity index (χ1) is 17.3. The van der Waals surface area contributed by atoms with E-state index in [0.717, 1.165) is 11.3 Å². The number of fused-ring (bicyclic) bond motifs is 1. The summed E-state index contributed by atoms with van der Waals surface area (Å²) >= 11 is 0. The normalized spacial score (nSPS) is 19.7. The lowest BCUT2D eigenvalue weighted by Gasteiger charge is -2.40. The second-order valence-corrected chi connectivity index (χ2v) is 8.83. The highest BCUT2D eigenvalue weighted by Crippen LogP contribution is 2.38. The molecule has 2 aromatic carbocycles. The summed E-state index contributed by atoms with van der Waals surface area (Å²) in [5, 5.41) is 14.8. The monoisotopic (exact) mass is 489 g/mol. The van der Waals surface area contributed by atoms with Crippen LogP contribution in [-0.4, -0.2) is 66.4 Å². The van der Waals surface area contributed by atoms with Crippen molar-refractivity contribution in [3.8, 4) is 11.8 Å². The first-order valence-corrected chi connectivity index (χ1v) is 11.6. The Morgan fingerprint density at radius 3 is 2.72 bits per heavy atom. The van der Waals surface area contributed by atoms with Gasteiger partial charge in [0, 0.05) is 33.0 Å². The van der Waals surface area contributed by atoms with Gasteiger partial charge in [-0.3, -0.25) is 9.59 Å². The van der Waals surface area contributed by atoms with Gasteiger partial charge in [0.25, 0.3) is 11.8 Å². The van der Waals surface area contributed by atoms with Crippen molar-refractivity contribution in [2.24, 2.45) is 16.3 Å². The van der Waals surface area contributed by atoms with Crippen molar-refractivity contribution in [1.29, 1.82) is 5.26 Å². The fourth-order valence-electron chi connectivity index (χ4n) is 4.73. The summed E-state index contributed by atoms with van der Waals surface area (Å²) in [4.78, 5) is 39.9. The van der Waals surface area contributed by atoms with E-state index >= 15 is 0 Å². The van der Waals surface area contributed by atoms with E-state index in [0.29, 0.717) is 30.7 Å². The Hall–Kier alpha value is -4.39. The third-order valence-corrected chi connectivity index (χ3v) is 6.41. The van der Waals surface area contributed by atoms with Crippen molar-refractivity contribution >= 4 is 23.6 Å². The first kappa shape index (κ1) is 24.7. The Bertz CT molecular complexity index is 1220. The fourth-order valence-corrected chi connectivity index (χ4v) is 4.73. The van der Waals surface area contributed by atoms with Crippen molar-refractivity contribution < 1.29 is 23.9 Å². The second-order valence-electron chi connectivity index (χ2n) is 8.83. The number of nitrogens with two attached hydrogens (primary N) is 1. The van der Waals surface area contributed by atoms with Gasteiger partial charge < -0.3 is 20.1 Å². The molecule has 186 valence electrons. The van der Waals surface area contributed by atoms with Crippen LogP contribution in [0.5, 0.6) is 5.75 Å². The van der Waals surface area contributed by atoms with Crippen LogP contribution in [0, 0.1) is 16.7 Å². The predicted octanol–water partition coefficient (Wildman–Crippen LogP) is 2.08. The number of nitrogens with zero attached hydrogens (tertiary/aromatic N) is 4. The zero-order chi connectivity index (χ0) is 25.7. The van der Waals surface area contributed by atoms with Gasteiger partial charge in [0.1, 0.15) is 11.2 Å². The third kappa shape index (κ3) is 5.15. The molecule has 1 fully saturated rings. The number of ether oxygens (including phenoxy) is 2. The summed E-state index contributed by atoms with van der Waals surface area (Å²) in [6, 6.07) is 18.2. The lowest BCUT2D eigenvalue weighted by molar-refractivity contribution is -0.145. The molecule has 0 spiro atoms. The van der Waals surface area contributed by atoms with Crippen LogP contribution >= 0.6 is 0 Å². The minimum absolute atomic E-state index is 0.0511. The molecular formula is C26H27N5O5. The molecule has 2 heterocycles. The molecule has 0 radical (unpaired) electrons. The molecule has 36 heavy (non-hydrogen) atoms. The van der Waals surface area contributed by atoms with Gasteiger partial charge in [-0.25, -0.2) is 9.80 Å². The van der Waals surface area contributed by atoms with E-state index in [4.69, 9.17) is 20.5 Å². The van der Waals surface area contributed by atoms with Crippen molar-refractivity contribution in [2.75, 3.05) is 26.7 Å². The zero-order valence-corrected chi connectivity index (χ0v) is 19.9. The number of likely N-dealkylation sites (tertiary alicyclic amines) is 1. The first-order valence-electron chi connectivity index (χ1n) is 11.6. The summed E-state index contributed by atoms with van der Waals surface area (Å²) in [7, 11) is 1.62. The average molecular weight is 490 g/mol. The standard InChI is InChI=1S/C26H27N5O5/c1-30-24(33)26(15-18-6-3-2-4-7-18)17-31(12-10-22(26)29-30)23(32)21(36-25(28)34)11-13-35-20-9-5-8-19(14-20)16-27/h2-9,14,21H,10-13,15,17H2,1H3,(H2,28,34)/t21-,26-/m1/s1. The number of piperidine rings is 1. The molecular weight excluding hydrogens is 462 g/mol. The lowest BCUT2D eigenvalue weighted by atomic mass is 9.73. The minimum Gasteiger partial charge on any atom is -0.493 e. The number of hydrazone groups is 1. The highest BCUT2D eigenvalue weighted by molar-refractivity contribution is 6.13. The second kappa shape index (κ2) is 10.5. The smallest absolute Gasteiger partial charge is 0.405 e. The molecule has 2 aliphatic heterocycles. The van der Waals surface area contributed by atoms with E-state index in [1.807, 2.05) is 36.4 Å². The predicted molar refractivity (Wildman–Crippen MR) is 130 cm³/mol. The van der Waals surface area contributed by atoms with E-state index in [1.54, 1.807) is 36.2 Å². The summed E-state index contributed by atoms with van der Waals surface area (Å²) in [5.41, 5.74) is 6.41. The maximum atomic E-state index is 13.5. The Labute approximate surface area is 208 Å². The number of amides is 3. The van der Waals surface area contributed by atoms with Gasteiger partial charge >= 0.3 is 6.09 Å². The molecule has 1 saturated heterocycles. The molecule has 3 amide bonds. The molecule has 2 N–H and O–H groups in total. The Kier molecular flexibility index (Phi) is 7.20. The Balaban J connectivity index is 1.50. The molecule has 0 aromatic heterocycles. The number of benzene rings is 2. The van der Waals surface area contributed by atoms with Gasteiger partial charge in [-0.15, -0.1) is 0 Å². The minimum atomic E-state index is -1.18. The van der Waals surface area contributed by atoms with Gasteiger partial charge in [0.05, 0.1) is 24.0 Å². The number of rotatable bonds is 8. The van der Waals surface area contributed by atoms with Crippen molar-refractivity contribution in [3.63, 3.8) is 0 Å². The molecule has 2 aliphatic rings. The maximum Gasteiger partial charge on any atom is 0.405 e. The van der Waals surface area contributed by atoms with E-state index < -0.39 is 23.5 Å². The number of hydrogen-bond donors (Lipinski definition) is 1. The van der Waals surface area contributed by atoms with Gasteiger partial charge in [0.2, 0.25) is 0 Å². The van der Waals surface area contributed by atoms with E-state index in [-0.39, 0.29) is 25.5 Å². The molecule has 2 atom stereocenters. The molecule has 0 saturated carbocycles. The largest absolute Gasteiger partial charge is 0.493 e. The summed E-state index contributed by atoms with van der Waals surface area (Å²) in [6.45, 7) is 0.501. The Morgan fingerprint density at radius 2 is 2.00 bits per heavy atom. The SMILES string of the molecule is CN1N=C2CCN(C(=O)[C@@H](CCOc3cccc(C#N)c3)OC(N)=O)C[C@@]2(Cc2ccccc2)C1=O. The fraction of sp³-hybridized carbons (Fsp3) is 0.346. The molecule has 0 aliphatic carbocycles. The molecule has 10 nitrogen and oxygen atoms in total. The third-order valence-electron chi connectivity index (χ3n) is 6.41. The van der Waals surface area contributed by atoms with Crippen LogP contribution in [0.4, 0.5) is 4.79 Å². The Morgan fingerprint density at radius 1 is 1.22 bits per heavy atom. The van der Waals surface area contributed by atoms with Crippen molar-refractivity contribution in [1.82, 2.24) is 9.91 Å². The highest BCUT2D eigenvalue weighted by Gasteiger charge is 2.54. The summed E-state index contributed by atoms with van der Waals surface area (Å²) in [5.74, 6) is -0.163. The molecule has 0 bridgehead atoms. The number of nitriles is 1. The maximum absolute atomic E-state index is 13.5. The van der Waals surface area contributed by atoms with Gasteiger partial charge in [-0.05, 0) is 30.2 Å². The van der Waals surface area contributed by atoms with Crippen molar-refractivity contribution in [2.45, 2.75) is 25.4 Å². The van der Waals surface area contributed by atoms with E-state index in [1.165, 1.54) is 5.01 Å². The highest BCUT2D eigenvalue weighted by atomic mass is 16.6. The van der Waals surface area contributed by atoms with Crippen LogP contribution in [0.25, 0.3) is 0 Å². The van der Waals surface area contributed by atoms with Crippen LogP contribution in [0.15, 0.2) is 59.7 Å².